The third kappa shape index (κ3) is 10.4. The van der Waals surface area contributed by atoms with E-state index in [1.807, 2.05) is 24.3 Å². The zero-order valence-corrected chi connectivity index (χ0v) is 14.7. The van der Waals surface area contributed by atoms with Crippen molar-refractivity contribution >= 4 is 5.97 Å². The van der Waals surface area contributed by atoms with Crippen molar-refractivity contribution < 1.29 is 19.7 Å². The molecule has 4 heteroatoms. The van der Waals surface area contributed by atoms with E-state index in [0.717, 1.165) is 25.7 Å². The van der Waals surface area contributed by atoms with E-state index in [9.17, 15) is 15.0 Å². The molecule has 0 radical (unpaired) electrons. The van der Waals surface area contributed by atoms with Gasteiger partial charge in [-0.05, 0) is 38.5 Å². The molecule has 1 aliphatic heterocycles. The van der Waals surface area contributed by atoms with Gasteiger partial charge in [0.2, 0.25) is 0 Å². The highest BCUT2D eigenvalue weighted by atomic mass is 16.6. The minimum absolute atomic E-state index is 0.00831. The van der Waals surface area contributed by atoms with Gasteiger partial charge in [-0.3, -0.25) is 0 Å². The summed E-state index contributed by atoms with van der Waals surface area (Å²) in [4.78, 5) is 10.2. The third-order valence-corrected chi connectivity index (χ3v) is 4.01. The number of allylic oxidation sites excluding steroid dienone is 5. The minimum Gasteiger partial charge on any atom is -0.550 e. The van der Waals surface area contributed by atoms with Crippen LogP contribution in [0.4, 0.5) is 0 Å². The topological polar surface area (TPSA) is 72.9 Å². The Labute approximate surface area is 145 Å². The number of hydrogen-bond donors (Lipinski definition) is 1. The highest BCUT2D eigenvalue weighted by Gasteiger charge is 2.42. The second-order valence-corrected chi connectivity index (χ2v) is 6.23. The largest absolute Gasteiger partial charge is 0.550 e. The minimum atomic E-state index is -0.985. The Bertz CT molecular complexity index is 425. The Morgan fingerprint density at radius 2 is 1.83 bits per heavy atom. The zero-order chi connectivity index (χ0) is 17.6. The molecule has 0 bridgehead atoms. The number of aliphatic hydroxyl groups excluding tert-OH is 1. The van der Waals surface area contributed by atoms with Crippen LogP contribution in [0.5, 0.6) is 0 Å². The summed E-state index contributed by atoms with van der Waals surface area (Å²) in [5.74, 6) is -0.985. The first-order valence-electron chi connectivity index (χ1n) is 9.15. The summed E-state index contributed by atoms with van der Waals surface area (Å²) in [6, 6.07) is 0. The number of rotatable bonds is 14. The molecule has 0 spiro atoms. The quantitative estimate of drug-likeness (QED) is 0.301. The maximum absolute atomic E-state index is 10.2. The molecule has 0 amide bonds. The molecule has 1 fully saturated rings. The summed E-state index contributed by atoms with van der Waals surface area (Å²) >= 11 is 0. The molecule has 0 aromatic rings. The van der Waals surface area contributed by atoms with Gasteiger partial charge in [0.15, 0.2) is 0 Å². The maximum atomic E-state index is 10.2. The Morgan fingerprint density at radius 3 is 2.54 bits per heavy atom. The van der Waals surface area contributed by atoms with Crippen LogP contribution < -0.4 is 5.11 Å². The van der Waals surface area contributed by atoms with Gasteiger partial charge < -0.3 is 19.7 Å². The summed E-state index contributed by atoms with van der Waals surface area (Å²) in [5, 5.41) is 20.2. The highest BCUT2D eigenvalue weighted by Crippen LogP contribution is 2.30. The third-order valence-electron chi connectivity index (χ3n) is 4.01. The first kappa shape index (κ1) is 20.7. The van der Waals surface area contributed by atoms with Gasteiger partial charge in [-0.1, -0.05) is 62.6 Å². The lowest BCUT2D eigenvalue weighted by molar-refractivity contribution is -0.305. The number of aliphatic carboxylic acids is 1. The molecule has 1 saturated heterocycles. The molecule has 24 heavy (non-hydrogen) atoms. The summed E-state index contributed by atoms with van der Waals surface area (Å²) in [7, 11) is 0. The van der Waals surface area contributed by atoms with Gasteiger partial charge in [0.1, 0.15) is 12.2 Å². The lowest BCUT2D eigenvalue weighted by Gasteiger charge is -2.00. The fourth-order valence-corrected chi connectivity index (χ4v) is 2.54. The van der Waals surface area contributed by atoms with Crippen molar-refractivity contribution in [2.45, 2.75) is 83.0 Å². The summed E-state index contributed by atoms with van der Waals surface area (Å²) in [5.41, 5.74) is 0. The molecular weight excluding hydrogens is 304 g/mol. The average molecular weight is 335 g/mol. The summed E-state index contributed by atoms with van der Waals surface area (Å²) in [6.45, 7) is 2.18. The van der Waals surface area contributed by atoms with E-state index in [-0.39, 0.29) is 18.6 Å². The van der Waals surface area contributed by atoms with Crippen LogP contribution in [0.25, 0.3) is 0 Å². The second kappa shape index (κ2) is 13.0. The van der Waals surface area contributed by atoms with Gasteiger partial charge in [-0.25, -0.2) is 0 Å². The number of carboxylic acids is 1. The standard InChI is InChI=1S/C20H32O4/c1-2-3-11-15-18-20(24-18)17(21)14-12-9-7-5-4-6-8-10-13-16-19(22)23/h5-8,12,14,17-18,20-21H,2-4,9-11,13,15-16H2,1H3,(H,22,23)/p-1/b7-5-,8-6-,14-12-/t17-,18-,20-/m0/s1. The van der Waals surface area contributed by atoms with Crippen LogP contribution in [-0.4, -0.2) is 29.4 Å². The smallest absolute Gasteiger partial charge is 0.114 e. The Hall–Kier alpha value is -1.39. The number of ether oxygens (including phenoxy) is 1. The molecule has 1 aliphatic rings. The normalized spacial score (nSPS) is 21.9. The van der Waals surface area contributed by atoms with E-state index in [1.165, 1.54) is 19.3 Å². The molecule has 0 aromatic heterocycles. The summed E-state index contributed by atoms with van der Waals surface area (Å²) < 4.78 is 5.51. The van der Waals surface area contributed by atoms with Crippen LogP contribution in [0.1, 0.15) is 64.7 Å². The van der Waals surface area contributed by atoms with Crippen LogP contribution in [0.15, 0.2) is 36.5 Å². The van der Waals surface area contributed by atoms with Crippen LogP contribution in [-0.2, 0) is 9.53 Å². The van der Waals surface area contributed by atoms with E-state index >= 15 is 0 Å². The Morgan fingerprint density at radius 1 is 1.12 bits per heavy atom. The summed E-state index contributed by atoms with van der Waals surface area (Å²) in [6.07, 6.45) is 19.5. The van der Waals surface area contributed by atoms with Gasteiger partial charge in [-0.2, -0.15) is 0 Å². The van der Waals surface area contributed by atoms with Crippen molar-refractivity contribution in [1.29, 1.82) is 0 Å². The van der Waals surface area contributed by atoms with Crippen LogP contribution in [0, 0.1) is 0 Å². The molecule has 4 nitrogen and oxygen atoms in total. The fraction of sp³-hybridized carbons (Fsp3) is 0.650. The molecule has 0 aromatic carbocycles. The Balaban J connectivity index is 2.00. The monoisotopic (exact) mass is 335 g/mol. The van der Waals surface area contributed by atoms with Crippen molar-refractivity contribution in [3.05, 3.63) is 36.5 Å². The molecule has 136 valence electrons. The predicted molar refractivity (Wildman–Crippen MR) is 94.3 cm³/mol. The molecule has 0 aliphatic carbocycles. The average Bonchev–Trinajstić information content (AvgIpc) is 3.32. The number of hydrogen-bond acceptors (Lipinski definition) is 4. The van der Waals surface area contributed by atoms with E-state index < -0.39 is 12.1 Å². The first-order chi connectivity index (χ1) is 11.6. The molecule has 1 N–H and O–H groups in total. The number of carbonyl (C=O) groups is 1. The predicted octanol–water partition coefficient (Wildman–Crippen LogP) is 3.06. The van der Waals surface area contributed by atoms with Crippen LogP contribution in [0.2, 0.25) is 0 Å². The lowest BCUT2D eigenvalue weighted by atomic mass is 10.1. The molecule has 0 unspecified atom stereocenters. The Kier molecular flexibility index (Phi) is 11.2. The van der Waals surface area contributed by atoms with Crippen molar-refractivity contribution in [2.75, 3.05) is 0 Å². The van der Waals surface area contributed by atoms with Crippen LogP contribution in [0.3, 0.4) is 0 Å². The van der Waals surface area contributed by atoms with Crippen molar-refractivity contribution in [1.82, 2.24) is 0 Å². The molecule has 1 heterocycles. The maximum Gasteiger partial charge on any atom is 0.114 e. The van der Waals surface area contributed by atoms with Crippen molar-refractivity contribution in [2.24, 2.45) is 0 Å². The number of unbranched alkanes of at least 4 members (excludes halogenated alkanes) is 3. The first-order valence-corrected chi connectivity index (χ1v) is 9.15. The molecule has 0 saturated carbocycles. The van der Waals surface area contributed by atoms with Gasteiger partial charge in [0.25, 0.3) is 0 Å². The fourth-order valence-electron chi connectivity index (χ4n) is 2.54. The number of carbonyl (C=O) groups excluding carboxylic acids is 1. The van der Waals surface area contributed by atoms with E-state index in [2.05, 4.69) is 19.1 Å². The number of carboxylic acid groups (broad SMARTS) is 1. The lowest BCUT2D eigenvalue weighted by Crippen LogP contribution is -2.21. The number of epoxide rings is 1. The zero-order valence-electron chi connectivity index (χ0n) is 14.7. The van der Waals surface area contributed by atoms with Gasteiger partial charge in [0.05, 0.1) is 6.10 Å². The van der Waals surface area contributed by atoms with E-state index in [4.69, 9.17) is 4.74 Å². The van der Waals surface area contributed by atoms with Gasteiger partial charge in [-0.15, -0.1) is 0 Å². The van der Waals surface area contributed by atoms with Gasteiger partial charge in [0, 0.05) is 5.97 Å². The van der Waals surface area contributed by atoms with Crippen molar-refractivity contribution in [3.63, 3.8) is 0 Å². The van der Waals surface area contributed by atoms with Gasteiger partial charge >= 0.3 is 0 Å². The van der Waals surface area contributed by atoms with Crippen LogP contribution >= 0.6 is 0 Å². The molecule has 1 rings (SSSR count). The molecule has 3 atom stereocenters. The number of aliphatic hydroxyl groups is 1. The highest BCUT2D eigenvalue weighted by molar-refractivity contribution is 5.64. The molecular formula is C20H31O4-. The van der Waals surface area contributed by atoms with E-state index in [0.29, 0.717) is 6.42 Å². The second-order valence-electron chi connectivity index (χ2n) is 6.23. The SMILES string of the molecule is CCCCC[C@@H]1O[C@H]1[C@@H](O)/C=C\C/C=C\C/C=C\CCCC(=O)[O-]. The van der Waals surface area contributed by atoms with E-state index in [1.54, 1.807) is 0 Å². The van der Waals surface area contributed by atoms with Crippen molar-refractivity contribution in [3.8, 4) is 0 Å².